The summed E-state index contributed by atoms with van der Waals surface area (Å²) in [4.78, 5) is 23.4. The average molecular weight is 394 g/mol. The van der Waals surface area contributed by atoms with Crippen molar-refractivity contribution in [3.63, 3.8) is 0 Å². The highest BCUT2D eigenvalue weighted by atomic mass is 16.5. The molecule has 0 saturated heterocycles. The van der Waals surface area contributed by atoms with Crippen molar-refractivity contribution in [1.82, 2.24) is 24.6 Å². The Morgan fingerprint density at radius 3 is 2.86 bits per heavy atom. The van der Waals surface area contributed by atoms with E-state index in [0.717, 1.165) is 16.8 Å². The number of amides is 1. The molecule has 0 aromatic carbocycles. The van der Waals surface area contributed by atoms with Gasteiger partial charge in [0.25, 0.3) is 5.91 Å². The summed E-state index contributed by atoms with van der Waals surface area (Å²) in [6.07, 6.45) is 2.79. The molecular formula is C20H22N6O3. The first-order valence-electron chi connectivity index (χ1n) is 9.13. The van der Waals surface area contributed by atoms with E-state index in [1.165, 1.54) is 0 Å². The van der Waals surface area contributed by atoms with Crippen LogP contribution in [0.15, 0.2) is 30.6 Å². The maximum Gasteiger partial charge on any atom is 0.272 e. The molecule has 2 N–H and O–H groups in total. The van der Waals surface area contributed by atoms with E-state index in [2.05, 4.69) is 15.1 Å². The monoisotopic (exact) mass is 394 g/mol. The Labute approximate surface area is 168 Å². The average Bonchev–Trinajstić information content (AvgIpc) is 3.03. The third kappa shape index (κ3) is 3.14. The predicted octanol–water partition coefficient (Wildman–Crippen LogP) is 2.19. The van der Waals surface area contributed by atoms with E-state index < -0.39 is 6.10 Å². The van der Waals surface area contributed by atoms with Gasteiger partial charge in [-0.3, -0.25) is 14.5 Å². The Morgan fingerprint density at radius 1 is 1.31 bits per heavy atom. The van der Waals surface area contributed by atoms with Gasteiger partial charge in [-0.25, -0.2) is 4.98 Å². The number of nitrogens with zero attached hydrogens (tertiary/aromatic N) is 5. The first kappa shape index (κ1) is 18.7. The maximum atomic E-state index is 13.2. The lowest BCUT2D eigenvalue weighted by molar-refractivity contribution is 0.0771. The third-order valence-electron chi connectivity index (χ3n) is 5.01. The summed E-state index contributed by atoms with van der Waals surface area (Å²) in [7, 11) is 5.09. The van der Waals surface area contributed by atoms with Crippen molar-refractivity contribution in [3.8, 4) is 22.8 Å². The van der Waals surface area contributed by atoms with E-state index in [1.54, 1.807) is 42.2 Å². The molecule has 4 heterocycles. The third-order valence-corrected chi connectivity index (χ3v) is 5.01. The molecule has 9 heteroatoms. The quantitative estimate of drug-likeness (QED) is 0.674. The number of nitrogens with two attached hydrogens (primary N) is 1. The van der Waals surface area contributed by atoms with Crippen LogP contribution in [0.2, 0.25) is 0 Å². The standard InChI is InChI=1S/C20H22N6O3/c1-11-13-6-5-7-22-17(13)20(27)25(2)10-14-16(19(28-4)24-26(14)3)12-8-15(29-11)18(21)23-9-12/h5-9,11H,10H2,1-4H3,(H2,21,23). The van der Waals surface area contributed by atoms with Gasteiger partial charge in [0.05, 0.1) is 24.9 Å². The molecular weight excluding hydrogens is 372 g/mol. The summed E-state index contributed by atoms with van der Waals surface area (Å²) in [5.41, 5.74) is 9.35. The van der Waals surface area contributed by atoms with Gasteiger partial charge in [-0.2, -0.15) is 0 Å². The summed E-state index contributed by atoms with van der Waals surface area (Å²) in [6.45, 7) is 2.16. The van der Waals surface area contributed by atoms with Crippen LogP contribution in [-0.2, 0) is 13.6 Å². The fraction of sp³-hybridized carbons (Fsp3) is 0.300. The molecule has 4 rings (SSSR count). The molecule has 0 aliphatic carbocycles. The molecule has 3 aromatic heterocycles. The number of ether oxygens (including phenoxy) is 2. The Hall–Kier alpha value is -3.62. The number of pyridine rings is 2. The van der Waals surface area contributed by atoms with Crippen molar-refractivity contribution in [2.24, 2.45) is 7.05 Å². The van der Waals surface area contributed by atoms with Crippen molar-refractivity contribution in [1.29, 1.82) is 0 Å². The molecule has 29 heavy (non-hydrogen) atoms. The van der Waals surface area contributed by atoms with E-state index in [4.69, 9.17) is 15.2 Å². The number of nitrogen functional groups attached to an aromatic ring is 1. The van der Waals surface area contributed by atoms with E-state index in [9.17, 15) is 4.79 Å². The second-order valence-corrected chi connectivity index (χ2v) is 6.92. The molecule has 150 valence electrons. The number of hydrogen-bond donors (Lipinski definition) is 1. The molecule has 1 atom stereocenters. The van der Waals surface area contributed by atoms with Crippen LogP contribution in [0.25, 0.3) is 11.1 Å². The van der Waals surface area contributed by atoms with Crippen LogP contribution >= 0.6 is 0 Å². The lowest BCUT2D eigenvalue weighted by Crippen LogP contribution is -2.30. The topological polar surface area (TPSA) is 108 Å². The molecule has 0 spiro atoms. The first-order valence-corrected chi connectivity index (χ1v) is 9.13. The van der Waals surface area contributed by atoms with Crippen molar-refractivity contribution in [2.45, 2.75) is 19.6 Å². The number of aromatic nitrogens is 4. The first-order chi connectivity index (χ1) is 13.9. The number of fused-ring (bicyclic) bond motifs is 5. The highest BCUT2D eigenvalue weighted by Gasteiger charge is 2.27. The second kappa shape index (κ2) is 7.08. The zero-order valence-corrected chi connectivity index (χ0v) is 16.7. The van der Waals surface area contributed by atoms with E-state index in [1.807, 2.05) is 26.1 Å². The van der Waals surface area contributed by atoms with Gasteiger partial charge in [0.1, 0.15) is 11.8 Å². The minimum absolute atomic E-state index is 0.211. The summed E-state index contributed by atoms with van der Waals surface area (Å²) in [5.74, 6) is 0.904. The smallest absolute Gasteiger partial charge is 0.272 e. The van der Waals surface area contributed by atoms with Gasteiger partial charge in [0.15, 0.2) is 11.6 Å². The van der Waals surface area contributed by atoms with Gasteiger partial charge in [0.2, 0.25) is 5.88 Å². The molecule has 1 amide bonds. The van der Waals surface area contributed by atoms with Gasteiger partial charge >= 0.3 is 0 Å². The van der Waals surface area contributed by atoms with Crippen LogP contribution < -0.4 is 15.2 Å². The molecule has 2 bridgehead atoms. The lowest BCUT2D eigenvalue weighted by atomic mass is 10.0. The number of aryl methyl sites for hydroxylation is 1. The number of hydrogen-bond acceptors (Lipinski definition) is 7. The van der Waals surface area contributed by atoms with Crippen LogP contribution in [-0.4, -0.2) is 44.7 Å². The van der Waals surface area contributed by atoms with Crippen LogP contribution in [0.3, 0.4) is 0 Å². The summed E-state index contributed by atoms with van der Waals surface area (Å²) < 4.78 is 13.3. The van der Waals surface area contributed by atoms with Crippen LogP contribution in [0.5, 0.6) is 11.6 Å². The largest absolute Gasteiger partial charge is 0.482 e. The van der Waals surface area contributed by atoms with Crippen LogP contribution in [0.1, 0.15) is 34.8 Å². The van der Waals surface area contributed by atoms with Gasteiger partial charge in [-0.15, -0.1) is 5.10 Å². The number of carbonyl (C=O) groups is 1. The lowest BCUT2D eigenvalue weighted by Gasteiger charge is -2.23. The van der Waals surface area contributed by atoms with E-state index in [-0.39, 0.29) is 11.7 Å². The van der Waals surface area contributed by atoms with Crippen LogP contribution in [0, 0.1) is 0 Å². The normalized spacial score (nSPS) is 16.2. The molecule has 1 aliphatic heterocycles. The maximum absolute atomic E-state index is 13.2. The molecule has 9 nitrogen and oxygen atoms in total. The fourth-order valence-electron chi connectivity index (χ4n) is 3.49. The fourth-order valence-corrected chi connectivity index (χ4v) is 3.49. The van der Waals surface area contributed by atoms with Crippen molar-refractivity contribution in [2.75, 3.05) is 19.9 Å². The zero-order chi connectivity index (χ0) is 20.7. The van der Waals surface area contributed by atoms with Gasteiger partial charge < -0.3 is 20.1 Å². The highest BCUT2D eigenvalue weighted by molar-refractivity contribution is 5.93. The Morgan fingerprint density at radius 2 is 2.10 bits per heavy atom. The SMILES string of the molecule is COc1nn(C)c2c1-c1cnc(N)c(c1)OC(C)c1cccnc1C(=O)N(C)C2. The minimum Gasteiger partial charge on any atom is -0.482 e. The van der Waals surface area contributed by atoms with E-state index in [0.29, 0.717) is 29.4 Å². The number of methoxy groups -OCH3 is 1. The van der Waals surface area contributed by atoms with Crippen molar-refractivity contribution < 1.29 is 14.3 Å². The van der Waals surface area contributed by atoms with Gasteiger partial charge in [-0.05, 0) is 19.1 Å². The van der Waals surface area contributed by atoms with Gasteiger partial charge in [-0.1, -0.05) is 6.07 Å². The van der Waals surface area contributed by atoms with Gasteiger partial charge in [0, 0.05) is 37.6 Å². The Balaban J connectivity index is 1.97. The summed E-state index contributed by atoms with van der Waals surface area (Å²) in [6, 6.07) is 5.43. The molecule has 3 aromatic rings. The molecule has 0 saturated carbocycles. The van der Waals surface area contributed by atoms with E-state index >= 15 is 0 Å². The number of anilines is 1. The molecule has 0 fully saturated rings. The predicted molar refractivity (Wildman–Crippen MR) is 106 cm³/mol. The molecule has 0 radical (unpaired) electrons. The van der Waals surface area contributed by atoms with Crippen molar-refractivity contribution >= 4 is 11.7 Å². The highest BCUT2D eigenvalue weighted by Crippen LogP contribution is 2.38. The van der Waals surface area contributed by atoms with Crippen LogP contribution in [0.4, 0.5) is 5.82 Å². The number of rotatable bonds is 1. The molecule has 1 unspecified atom stereocenters. The Kier molecular flexibility index (Phi) is 4.57. The molecule has 1 aliphatic rings. The summed E-state index contributed by atoms with van der Waals surface area (Å²) in [5, 5.41) is 4.44. The zero-order valence-electron chi connectivity index (χ0n) is 16.7. The summed E-state index contributed by atoms with van der Waals surface area (Å²) >= 11 is 0. The minimum atomic E-state index is -0.454. The number of carbonyl (C=O) groups excluding carboxylic acids is 1. The Bertz CT molecular complexity index is 1090. The second-order valence-electron chi connectivity index (χ2n) is 6.92. The van der Waals surface area contributed by atoms with Crippen molar-refractivity contribution in [3.05, 3.63) is 47.5 Å².